The Bertz CT molecular complexity index is 3180. The van der Waals surface area contributed by atoms with E-state index in [1.807, 2.05) is 12.1 Å². The molecule has 6 nitrogen and oxygen atoms in total. The van der Waals surface area contributed by atoms with E-state index in [2.05, 4.69) is 161 Å². The number of fused-ring (bicyclic) bond motifs is 7. The minimum absolute atomic E-state index is 0.566. The summed E-state index contributed by atoms with van der Waals surface area (Å²) in [7, 11) is 0. The lowest BCUT2D eigenvalue weighted by atomic mass is 10.00. The van der Waals surface area contributed by atoms with Crippen LogP contribution in [0.3, 0.4) is 0 Å². The lowest BCUT2D eigenvalue weighted by Gasteiger charge is -2.12. The Kier molecular flexibility index (Phi) is 6.75. The summed E-state index contributed by atoms with van der Waals surface area (Å²) in [5, 5.41) is 6.92. The first-order chi connectivity index (χ1) is 26.7. The van der Waals surface area contributed by atoms with E-state index in [4.69, 9.17) is 19.4 Å². The van der Waals surface area contributed by atoms with Crippen LogP contribution in [0.1, 0.15) is 0 Å². The van der Waals surface area contributed by atoms with Crippen LogP contribution < -0.4 is 0 Å². The van der Waals surface area contributed by atoms with Gasteiger partial charge in [-0.1, -0.05) is 115 Å². The third-order valence-electron chi connectivity index (χ3n) is 10.3. The van der Waals surface area contributed by atoms with Gasteiger partial charge in [-0.05, 0) is 70.4 Å². The smallest absolute Gasteiger partial charge is 0.164 e. The maximum absolute atomic E-state index is 6.22. The SMILES string of the molecule is c1cc(-c2nc(-c3ccc(-c4ccc5ccccc5c4)cc3)nc(-c3ccc4c(c3)oc3cnccc34)n2)cc(-n2c3ccccc3c3ccccc32)c1. The molecule has 0 unspecified atom stereocenters. The van der Waals surface area contributed by atoms with Crippen LogP contribution in [0, 0.1) is 0 Å². The van der Waals surface area contributed by atoms with Gasteiger partial charge in [0.05, 0.1) is 17.2 Å². The monoisotopic (exact) mass is 691 g/mol. The highest BCUT2D eigenvalue weighted by atomic mass is 16.3. The van der Waals surface area contributed by atoms with Gasteiger partial charge in [0, 0.05) is 50.1 Å². The van der Waals surface area contributed by atoms with E-state index in [1.165, 1.54) is 21.5 Å². The first kappa shape index (κ1) is 30.2. The number of furan rings is 1. The normalized spacial score (nSPS) is 11.7. The summed E-state index contributed by atoms with van der Waals surface area (Å²) >= 11 is 0. The zero-order chi connectivity index (χ0) is 35.6. The molecule has 4 aromatic heterocycles. The lowest BCUT2D eigenvalue weighted by Crippen LogP contribution is -2.01. The topological polar surface area (TPSA) is 69.6 Å². The van der Waals surface area contributed by atoms with E-state index >= 15 is 0 Å². The molecule has 0 atom stereocenters. The number of nitrogens with zero attached hydrogens (tertiary/aromatic N) is 5. The van der Waals surface area contributed by atoms with Gasteiger partial charge in [-0.25, -0.2) is 15.0 Å². The van der Waals surface area contributed by atoms with Crippen LogP contribution in [-0.4, -0.2) is 24.5 Å². The molecule has 0 amide bonds. The largest absolute Gasteiger partial charge is 0.454 e. The predicted molar refractivity (Wildman–Crippen MR) is 218 cm³/mol. The Balaban J connectivity index is 1.06. The van der Waals surface area contributed by atoms with Crippen molar-refractivity contribution >= 4 is 54.5 Å². The van der Waals surface area contributed by atoms with Gasteiger partial charge in [0.15, 0.2) is 23.1 Å². The summed E-state index contributed by atoms with van der Waals surface area (Å²) in [6.07, 6.45) is 3.54. The Morgan fingerprint density at radius 3 is 1.78 bits per heavy atom. The summed E-state index contributed by atoms with van der Waals surface area (Å²) in [4.78, 5) is 19.6. The molecule has 0 bridgehead atoms. The molecule has 54 heavy (non-hydrogen) atoms. The van der Waals surface area contributed by atoms with Gasteiger partial charge in [0.25, 0.3) is 0 Å². The van der Waals surface area contributed by atoms with Crippen LogP contribution in [0.2, 0.25) is 0 Å². The van der Waals surface area contributed by atoms with Crippen LogP contribution >= 0.6 is 0 Å². The van der Waals surface area contributed by atoms with Crippen LogP contribution in [0.5, 0.6) is 0 Å². The Morgan fingerprint density at radius 1 is 0.389 bits per heavy atom. The van der Waals surface area contributed by atoms with Gasteiger partial charge < -0.3 is 8.98 Å². The van der Waals surface area contributed by atoms with Gasteiger partial charge in [-0.2, -0.15) is 0 Å². The van der Waals surface area contributed by atoms with Crippen molar-refractivity contribution in [3.8, 4) is 51.0 Å². The molecule has 0 aliphatic carbocycles. The fourth-order valence-electron chi connectivity index (χ4n) is 7.70. The van der Waals surface area contributed by atoms with Gasteiger partial charge in [-0.15, -0.1) is 0 Å². The zero-order valence-electron chi connectivity index (χ0n) is 28.9. The molecule has 0 radical (unpaired) electrons. The van der Waals surface area contributed by atoms with E-state index in [-0.39, 0.29) is 0 Å². The standard InChI is InChI=1S/C48H29N5O/c1-2-9-33-26-34(21-18-30(33)8-1)31-16-19-32(20-17-31)46-50-47(52-48(51-46)36-22-23-40-41-24-25-49-29-45(41)54-44(40)28-36)35-10-7-11-37(27-35)53-42-14-5-3-12-38(42)39-13-4-6-15-43(39)53/h1-29H. The second kappa shape index (κ2) is 12.1. The second-order valence-electron chi connectivity index (χ2n) is 13.6. The highest BCUT2D eigenvalue weighted by Crippen LogP contribution is 2.35. The molecular formula is C48H29N5O. The van der Waals surface area contributed by atoms with E-state index in [1.54, 1.807) is 12.4 Å². The van der Waals surface area contributed by atoms with E-state index < -0.39 is 0 Å². The van der Waals surface area contributed by atoms with Crippen molar-refractivity contribution in [3.05, 3.63) is 176 Å². The molecule has 0 aliphatic rings. The molecule has 0 spiro atoms. The van der Waals surface area contributed by atoms with Crippen LogP contribution in [0.15, 0.2) is 181 Å². The summed E-state index contributed by atoms with van der Waals surface area (Å²) in [5.74, 6) is 1.75. The molecule has 0 fully saturated rings. The lowest BCUT2D eigenvalue weighted by molar-refractivity contribution is 0.667. The Labute approximate surface area is 309 Å². The zero-order valence-corrected chi connectivity index (χ0v) is 28.9. The third-order valence-corrected chi connectivity index (χ3v) is 10.3. The predicted octanol–water partition coefficient (Wildman–Crippen LogP) is 12.1. The number of hydrogen-bond donors (Lipinski definition) is 0. The maximum atomic E-state index is 6.22. The number of aromatic nitrogens is 5. The first-order valence-electron chi connectivity index (χ1n) is 17.9. The number of pyridine rings is 1. The van der Waals surface area contributed by atoms with Crippen LogP contribution in [0.4, 0.5) is 0 Å². The van der Waals surface area contributed by atoms with Crippen molar-refractivity contribution in [2.45, 2.75) is 0 Å². The van der Waals surface area contributed by atoms with Gasteiger partial charge in [0.2, 0.25) is 0 Å². The molecular weight excluding hydrogens is 663 g/mol. The summed E-state index contributed by atoms with van der Waals surface area (Å²) < 4.78 is 8.53. The van der Waals surface area contributed by atoms with Gasteiger partial charge in [-0.3, -0.25) is 4.98 Å². The van der Waals surface area contributed by atoms with Gasteiger partial charge >= 0.3 is 0 Å². The van der Waals surface area contributed by atoms with E-state index in [0.29, 0.717) is 17.5 Å². The number of hydrogen-bond acceptors (Lipinski definition) is 5. The minimum Gasteiger partial charge on any atom is -0.454 e. The van der Waals surface area contributed by atoms with Crippen molar-refractivity contribution in [3.63, 3.8) is 0 Å². The number of benzene rings is 7. The van der Waals surface area contributed by atoms with Crippen molar-refractivity contribution in [2.75, 3.05) is 0 Å². The molecule has 11 rings (SSSR count). The highest BCUT2D eigenvalue weighted by Gasteiger charge is 2.17. The molecule has 0 aliphatic heterocycles. The van der Waals surface area contributed by atoms with Crippen molar-refractivity contribution in [1.82, 2.24) is 24.5 Å². The van der Waals surface area contributed by atoms with Gasteiger partial charge in [0.1, 0.15) is 5.58 Å². The second-order valence-corrected chi connectivity index (χ2v) is 13.6. The average Bonchev–Trinajstić information content (AvgIpc) is 3.79. The molecule has 11 aromatic rings. The summed E-state index contributed by atoms with van der Waals surface area (Å²) in [6.45, 7) is 0. The molecule has 7 aromatic carbocycles. The van der Waals surface area contributed by atoms with E-state index in [0.717, 1.165) is 66.5 Å². The van der Waals surface area contributed by atoms with Crippen molar-refractivity contribution in [2.24, 2.45) is 0 Å². The van der Waals surface area contributed by atoms with Crippen molar-refractivity contribution < 1.29 is 4.42 Å². The highest BCUT2D eigenvalue weighted by molar-refractivity contribution is 6.09. The fourth-order valence-corrected chi connectivity index (χ4v) is 7.70. The quantitative estimate of drug-likeness (QED) is 0.180. The summed E-state index contributed by atoms with van der Waals surface area (Å²) in [5.41, 5.74) is 9.75. The average molecular weight is 692 g/mol. The Hall–Kier alpha value is -7.44. The molecule has 6 heteroatoms. The third kappa shape index (κ3) is 4.96. The first-order valence-corrected chi connectivity index (χ1v) is 17.9. The van der Waals surface area contributed by atoms with Crippen molar-refractivity contribution in [1.29, 1.82) is 0 Å². The fraction of sp³-hybridized carbons (Fsp3) is 0. The van der Waals surface area contributed by atoms with E-state index in [9.17, 15) is 0 Å². The number of rotatable bonds is 5. The summed E-state index contributed by atoms with van der Waals surface area (Å²) in [6, 6.07) is 57.1. The molecule has 252 valence electrons. The Morgan fingerprint density at radius 2 is 1.00 bits per heavy atom. The molecule has 0 saturated carbocycles. The molecule has 0 N–H and O–H groups in total. The minimum atomic E-state index is 0.566. The number of para-hydroxylation sites is 2. The van der Waals surface area contributed by atoms with Crippen LogP contribution in [0.25, 0.3) is 105 Å². The maximum Gasteiger partial charge on any atom is 0.164 e. The molecule has 0 saturated heterocycles. The van der Waals surface area contributed by atoms with Crippen LogP contribution in [-0.2, 0) is 0 Å². The molecule has 4 heterocycles.